The normalized spacial score (nSPS) is 18.6. The molecule has 4 nitrogen and oxygen atoms in total. The van der Waals surface area contributed by atoms with E-state index in [1.165, 1.54) is 25.7 Å². The summed E-state index contributed by atoms with van der Waals surface area (Å²) in [4.78, 5) is 4.40. The monoisotopic (exact) mass is 230 g/mol. The van der Waals surface area contributed by atoms with Gasteiger partial charge in [0.25, 0.3) is 0 Å². The number of rotatable bonds is 3. The first kappa shape index (κ1) is 10.6. The molecule has 90 valence electrons. The first-order chi connectivity index (χ1) is 8.27. The zero-order valence-electron chi connectivity index (χ0n) is 10.2. The lowest BCUT2D eigenvalue weighted by molar-refractivity contribution is 0.361. The Morgan fingerprint density at radius 2 is 2.18 bits per heavy atom. The van der Waals surface area contributed by atoms with Gasteiger partial charge in [-0.25, -0.2) is 9.50 Å². The predicted molar refractivity (Wildman–Crippen MR) is 68.1 cm³/mol. The molecule has 0 bridgehead atoms. The maximum atomic E-state index is 4.40. The van der Waals surface area contributed by atoms with Gasteiger partial charge in [-0.1, -0.05) is 19.8 Å². The Morgan fingerprint density at radius 3 is 3.00 bits per heavy atom. The number of anilines is 1. The first-order valence-corrected chi connectivity index (χ1v) is 6.29. The molecule has 0 saturated heterocycles. The van der Waals surface area contributed by atoms with Crippen molar-refractivity contribution in [3.8, 4) is 0 Å². The van der Waals surface area contributed by atoms with Crippen molar-refractivity contribution < 1.29 is 0 Å². The van der Waals surface area contributed by atoms with Gasteiger partial charge < -0.3 is 5.32 Å². The summed E-state index contributed by atoms with van der Waals surface area (Å²) in [6.07, 6.45) is 10.8. The fourth-order valence-corrected chi connectivity index (χ4v) is 2.70. The van der Waals surface area contributed by atoms with Gasteiger partial charge in [0.2, 0.25) is 0 Å². The second kappa shape index (κ2) is 4.02. The van der Waals surface area contributed by atoms with Crippen LogP contribution >= 0.6 is 0 Å². The molecule has 0 spiro atoms. The highest BCUT2D eigenvalue weighted by Gasteiger charge is 2.28. The molecule has 2 aromatic rings. The van der Waals surface area contributed by atoms with Crippen molar-refractivity contribution in [2.45, 2.75) is 32.6 Å². The highest BCUT2D eigenvalue weighted by molar-refractivity contribution is 5.66. The van der Waals surface area contributed by atoms with Gasteiger partial charge in [0.1, 0.15) is 5.52 Å². The lowest BCUT2D eigenvalue weighted by Gasteiger charge is -2.24. The Morgan fingerprint density at radius 1 is 1.35 bits per heavy atom. The standard InChI is InChI=1S/C13H18N4/c1-13(5-2-3-6-13)10-15-12-11-4-7-16-17(11)9-8-14-12/h4,7-9H,2-3,5-6,10H2,1H3,(H,14,15). The number of aromatic nitrogens is 3. The van der Waals surface area contributed by atoms with Crippen molar-refractivity contribution >= 4 is 11.3 Å². The first-order valence-electron chi connectivity index (χ1n) is 6.29. The molecular weight excluding hydrogens is 212 g/mol. The van der Waals surface area contributed by atoms with Crippen LogP contribution in [0.3, 0.4) is 0 Å². The molecule has 1 N–H and O–H groups in total. The van der Waals surface area contributed by atoms with Gasteiger partial charge in [-0.2, -0.15) is 5.10 Å². The van der Waals surface area contributed by atoms with Gasteiger partial charge in [-0.3, -0.25) is 0 Å². The minimum Gasteiger partial charge on any atom is -0.368 e. The van der Waals surface area contributed by atoms with E-state index in [1.807, 2.05) is 16.8 Å². The Bertz CT molecular complexity index is 511. The van der Waals surface area contributed by atoms with Gasteiger partial charge >= 0.3 is 0 Å². The molecule has 17 heavy (non-hydrogen) atoms. The van der Waals surface area contributed by atoms with Crippen LogP contribution in [0.1, 0.15) is 32.6 Å². The zero-order valence-corrected chi connectivity index (χ0v) is 10.2. The lowest BCUT2D eigenvalue weighted by atomic mass is 9.89. The largest absolute Gasteiger partial charge is 0.368 e. The van der Waals surface area contributed by atoms with E-state index in [0.29, 0.717) is 5.41 Å². The summed E-state index contributed by atoms with van der Waals surface area (Å²) in [6.45, 7) is 3.37. The Balaban J connectivity index is 1.78. The molecule has 0 aromatic carbocycles. The third-order valence-electron chi connectivity index (χ3n) is 3.82. The average molecular weight is 230 g/mol. The maximum absolute atomic E-state index is 4.40. The molecule has 0 aliphatic heterocycles. The van der Waals surface area contributed by atoms with Crippen molar-refractivity contribution in [2.24, 2.45) is 5.41 Å². The second-order valence-electron chi connectivity index (χ2n) is 5.31. The van der Waals surface area contributed by atoms with E-state index in [0.717, 1.165) is 17.9 Å². The molecule has 0 radical (unpaired) electrons. The number of hydrogen-bond acceptors (Lipinski definition) is 3. The van der Waals surface area contributed by atoms with E-state index in [-0.39, 0.29) is 0 Å². The number of nitrogens with one attached hydrogen (secondary N) is 1. The van der Waals surface area contributed by atoms with Crippen LogP contribution in [0.25, 0.3) is 5.52 Å². The molecule has 3 rings (SSSR count). The number of fused-ring (bicyclic) bond motifs is 1. The Hall–Kier alpha value is -1.58. The SMILES string of the molecule is CC1(CNc2nccn3nccc23)CCCC1. The number of nitrogens with zero attached hydrogens (tertiary/aromatic N) is 3. The number of hydrogen-bond donors (Lipinski definition) is 1. The minimum atomic E-state index is 0.439. The van der Waals surface area contributed by atoms with Crippen LogP contribution in [-0.4, -0.2) is 21.1 Å². The quantitative estimate of drug-likeness (QED) is 0.881. The molecule has 1 saturated carbocycles. The van der Waals surface area contributed by atoms with Crippen molar-refractivity contribution in [1.29, 1.82) is 0 Å². The summed E-state index contributed by atoms with van der Waals surface area (Å²) in [5.41, 5.74) is 1.49. The lowest BCUT2D eigenvalue weighted by Crippen LogP contribution is -2.23. The average Bonchev–Trinajstić information content (AvgIpc) is 2.95. The highest BCUT2D eigenvalue weighted by Crippen LogP contribution is 2.37. The van der Waals surface area contributed by atoms with Crippen LogP contribution in [-0.2, 0) is 0 Å². The van der Waals surface area contributed by atoms with Crippen LogP contribution in [0, 0.1) is 5.41 Å². The van der Waals surface area contributed by atoms with Crippen molar-refractivity contribution in [1.82, 2.24) is 14.6 Å². The molecule has 0 amide bonds. The summed E-state index contributed by atoms with van der Waals surface area (Å²) < 4.78 is 1.85. The van der Waals surface area contributed by atoms with Gasteiger partial charge in [0.05, 0.1) is 6.20 Å². The molecule has 1 aliphatic rings. The summed E-state index contributed by atoms with van der Waals surface area (Å²) in [5, 5.41) is 7.70. The van der Waals surface area contributed by atoms with Gasteiger partial charge in [-0.15, -0.1) is 0 Å². The van der Waals surface area contributed by atoms with Crippen LogP contribution in [0.5, 0.6) is 0 Å². The summed E-state index contributed by atoms with van der Waals surface area (Å²) in [5.74, 6) is 0.943. The van der Waals surface area contributed by atoms with Crippen molar-refractivity contribution in [3.05, 3.63) is 24.7 Å². The molecule has 2 aromatic heterocycles. The fourth-order valence-electron chi connectivity index (χ4n) is 2.70. The van der Waals surface area contributed by atoms with Crippen LogP contribution in [0.4, 0.5) is 5.82 Å². The third kappa shape index (κ3) is 1.99. The molecule has 0 unspecified atom stereocenters. The fraction of sp³-hybridized carbons (Fsp3) is 0.538. The van der Waals surface area contributed by atoms with Crippen molar-refractivity contribution in [2.75, 3.05) is 11.9 Å². The molecule has 4 heteroatoms. The van der Waals surface area contributed by atoms with E-state index in [4.69, 9.17) is 0 Å². The van der Waals surface area contributed by atoms with Gasteiger partial charge in [0, 0.05) is 18.9 Å². The van der Waals surface area contributed by atoms with Crippen LogP contribution < -0.4 is 5.32 Å². The summed E-state index contributed by atoms with van der Waals surface area (Å²) in [7, 11) is 0. The van der Waals surface area contributed by atoms with Crippen LogP contribution in [0.2, 0.25) is 0 Å². The van der Waals surface area contributed by atoms with Crippen molar-refractivity contribution in [3.63, 3.8) is 0 Å². The topological polar surface area (TPSA) is 42.2 Å². The summed E-state index contributed by atoms with van der Waals surface area (Å²) >= 11 is 0. The van der Waals surface area contributed by atoms with E-state index < -0.39 is 0 Å². The highest BCUT2D eigenvalue weighted by atomic mass is 15.2. The second-order valence-corrected chi connectivity index (χ2v) is 5.31. The molecule has 2 heterocycles. The minimum absolute atomic E-state index is 0.439. The van der Waals surface area contributed by atoms with Crippen LogP contribution in [0.15, 0.2) is 24.7 Å². The molecule has 0 atom stereocenters. The molecule has 1 fully saturated rings. The molecular formula is C13H18N4. The van der Waals surface area contributed by atoms with E-state index in [1.54, 1.807) is 12.4 Å². The summed E-state index contributed by atoms with van der Waals surface area (Å²) in [6, 6.07) is 1.99. The molecule has 1 aliphatic carbocycles. The van der Waals surface area contributed by atoms with E-state index in [2.05, 4.69) is 22.3 Å². The Labute approximate surface area is 101 Å². The van der Waals surface area contributed by atoms with Gasteiger partial charge in [-0.05, 0) is 24.3 Å². The van der Waals surface area contributed by atoms with E-state index >= 15 is 0 Å². The zero-order chi connectivity index (χ0) is 11.7. The smallest absolute Gasteiger partial charge is 0.152 e. The van der Waals surface area contributed by atoms with Gasteiger partial charge in [0.15, 0.2) is 5.82 Å². The van der Waals surface area contributed by atoms with E-state index in [9.17, 15) is 0 Å². The Kier molecular flexibility index (Phi) is 2.50. The maximum Gasteiger partial charge on any atom is 0.152 e. The predicted octanol–water partition coefficient (Wildman–Crippen LogP) is 2.72. The third-order valence-corrected chi connectivity index (χ3v) is 3.82.